The molecule has 0 saturated carbocycles. The number of carboxylic acid groups (broad SMARTS) is 1. The van der Waals surface area contributed by atoms with Crippen molar-refractivity contribution in [2.45, 2.75) is 12.0 Å². The van der Waals surface area contributed by atoms with Gasteiger partial charge in [-0.15, -0.1) is 0 Å². The summed E-state index contributed by atoms with van der Waals surface area (Å²) in [6.45, 7) is 0. The Morgan fingerprint density at radius 1 is 1.12 bits per heavy atom. The number of hydrogen-bond donors (Lipinski definition) is 3. The molecule has 0 bridgehead atoms. The average molecular weight is 345 g/mol. The van der Waals surface area contributed by atoms with Crippen LogP contribution in [0.1, 0.15) is 33.5 Å². The molecule has 3 N–H and O–H groups in total. The highest BCUT2D eigenvalue weighted by molar-refractivity contribution is 5.97. The molecule has 128 valence electrons. The first-order valence-corrected chi connectivity index (χ1v) is 7.03. The van der Waals surface area contributed by atoms with Gasteiger partial charge < -0.3 is 20.1 Å². The molecule has 1 aliphatic rings. The number of aliphatic carboxylic acids is 1. The smallest absolute Gasteiger partial charge is 0.339 e. The number of carboxylic acids is 1. The number of phenols is 2. The molecule has 1 heterocycles. The monoisotopic (exact) mass is 345 g/mol. The molecule has 25 heavy (non-hydrogen) atoms. The summed E-state index contributed by atoms with van der Waals surface area (Å²) in [6.07, 6.45) is -1.23. The molecular formula is C16H11NO8. The summed E-state index contributed by atoms with van der Waals surface area (Å²) < 4.78 is 5.19. The Morgan fingerprint density at radius 2 is 1.72 bits per heavy atom. The molecule has 0 fully saturated rings. The zero-order valence-electron chi connectivity index (χ0n) is 12.4. The molecule has 0 aromatic heterocycles. The predicted molar refractivity (Wildman–Crippen MR) is 81.4 cm³/mol. The van der Waals surface area contributed by atoms with Gasteiger partial charge in [-0.05, 0) is 35.4 Å². The largest absolute Gasteiger partial charge is 0.504 e. The highest BCUT2D eigenvalue weighted by atomic mass is 16.6. The zero-order valence-corrected chi connectivity index (χ0v) is 12.4. The van der Waals surface area contributed by atoms with Crippen LogP contribution in [0.25, 0.3) is 0 Å². The van der Waals surface area contributed by atoms with E-state index in [2.05, 4.69) is 0 Å². The van der Waals surface area contributed by atoms with Crippen molar-refractivity contribution in [1.29, 1.82) is 0 Å². The van der Waals surface area contributed by atoms with Crippen LogP contribution in [-0.4, -0.2) is 32.2 Å². The van der Waals surface area contributed by atoms with Gasteiger partial charge >= 0.3 is 11.9 Å². The van der Waals surface area contributed by atoms with Crippen LogP contribution in [0.3, 0.4) is 0 Å². The number of carbonyl (C=O) groups excluding carboxylic acids is 1. The summed E-state index contributed by atoms with van der Waals surface area (Å²) >= 11 is 0. The van der Waals surface area contributed by atoms with Crippen molar-refractivity contribution in [3.05, 3.63) is 63.2 Å². The van der Waals surface area contributed by atoms with Crippen LogP contribution in [0, 0.1) is 10.1 Å². The maximum atomic E-state index is 12.2. The van der Waals surface area contributed by atoms with Gasteiger partial charge in [0.2, 0.25) is 0 Å². The minimum Gasteiger partial charge on any atom is -0.504 e. The molecule has 2 aromatic rings. The molecule has 2 aromatic carbocycles. The number of cyclic esters (lactones) is 1. The topological polar surface area (TPSA) is 147 Å². The lowest BCUT2D eigenvalue weighted by molar-refractivity contribution is -0.384. The number of rotatable bonds is 3. The molecule has 0 spiro atoms. The Labute approximate surface area is 139 Å². The van der Waals surface area contributed by atoms with Crippen molar-refractivity contribution in [3.8, 4) is 11.5 Å². The van der Waals surface area contributed by atoms with Crippen LogP contribution in [-0.2, 0) is 9.53 Å². The Morgan fingerprint density at radius 3 is 2.28 bits per heavy atom. The molecule has 0 unspecified atom stereocenters. The molecule has 9 nitrogen and oxygen atoms in total. The first-order valence-electron chi connectivity index (χ1n) is 7.03. The Bertz CT molecular complexity index is 890. The van der Waals surface area contributed by atoms with Crippen LogP contribution in [0.5, 0.6) is 11.5 Å². The van der Waals surface area contributed by atoms with E-state index >= 15 is 0 Å². The minimum absolute atomic E-state index is 0.0117. The highest BCUT2D eigenvalue weighted by Crippen LogP contribution is 2.44. The second kappa shape index (κ2) is 5.78. The van der Waals surface area contributed by atoms with Crippen LogP contribution in [0.15, 0.2) is 36.4 Å². The molecule has 1 aliphatic heterocycles. The summed E-state index contributed by atoms with van der Waals surface area (Å²) in [4.78, 5) is 34.0. The number of nitro groups is 1. The molecule has 0 aliphatic carbocycles. The SMILES string of the molecule is O=C1O[C@H](c2ccc([N+](=O)[O-])cc2)[C@@H](C(=O)O)c2cc(O)c(O)cc21. The van der Waals surface area contributed by atoms with Gasteiger partial charge in [0.05, 0.1) is 10.5 Å². The summed E-state index contributed by atoms with van der Waals surface area (Å²) in [5.74, 6) is -4.68. The molecule has 0 radical (unpaired) electrons. The molecule has 0 amide bonds. The predicted octanol–water partition coefficient (Wildman–Crippen LogP) is 2.09. The van der Waals surface area contributed by atoms with Crippen molar-refractivity contribution in [2.75, 3.05) is 0 Å². The number of esters is 1. The standard InChI is InChI=1S/C16H11NO8/c18-11-5-9-10(6-12(11)19)16(22)25-14(13(9)15(20)21)7-1-3-8(4-2-7)17(23)24/h1-6,13-14,18-19H,(H,20,21)/t13-,14+/m0/s1. The highest BCUT2D eigenvalue weighted by Gasteiger charge is 2.42. The second-order valence-corrected chi connectivity index (χ2v) is 5.42. The third kappa shape index (κ3) is 2.71. The molecule has 2 atom stereocenters. The van der Waals surface area contributed by atoms with Crippen molar-refractivity contribution in [3.63, 3.8) is 0 Å². The van der Waals surface area contributed by atoms with Crippen molar-refractivity contribution in [2.24, 2.45) is 0 Å². The van der Waals surface area contributed by atoms with E-state index in [1.165, 1.54) is 24.3 Å². The Hall–Kier alpha value is -3.62. The van der Waals surface area contributed by atoms with E-state index in [9.17, 15) is 35.0 Å². The summed E-state index contributed by atoms with van der Waals surface area (Å²) in [5.41, 5.74) is -0.117. The lowest BCUT2D eigenvalue weighted by Crippen LogP contribution is -2.31. The van der Waals surface area contributed by atoms with E-state index in [0.717, 1.165) is 12.1 Å². The van der Waals surface area contributed by atoms with Gasteiger partial charge in [-0.2, -0.15) is 0 Å². The maximum absolute atomic E-state index is 12.2. The summed E-state index contributed by atoms with van der Waals surface area (Å²) in [7, 11) is 0. The van der Waals surface area contributed by atoms with Gasteiger partial charge in [-0.1, -0.05) is 0 Å². The fourth-order valence-corrected chi connectivity index (χ4v) is 2.75. The van der Waals surface area contributed by atoms with E-state index in [0.29, 0.717) is 0 Å². The van der Waals surface area contributed by atoms with Gasteiger partial charge in [0.1, 0.15) is 12.0 Å². The van der Waals surface area contributed by atoms with E-state index < -0.39 is 40.4 Å². The first-order chi connectivity index (χ1) is 11.8. The molecule has 0 saturated heterocycles. The number of nitro benzene ring substituents is 1. The number of nitrogens with zero attached hydrogens (tertiary/aromatic N) is 1. The number of aromatic hydroxyl groups is 2. The summed E-state index contributed by atoms with van der Waals surface area (Å²) in [5, 5.41) is 39.4. The van der Waals surface area contributed by atoms with Crippen molar-refractivity contribution >= 4 is 17.6 Å². The number of non-ortho nitro benzene ring substituents is 1. The fourth-order valence-electron chi connectivity index (χ4n) is 2.75. The number of hydrogen-bond acceptors (Lipinski definition) is 7. The van der Waals surface area contributed by atoms with Crippen LogP contribution >= 0.6 is 0 Å². The Balaban J connectivity index is 2.11. The second-order valence-electron chi connectivity index (χ2n) is 5.42. The lowest BCUT2D eigenvalue weighted by Gasteiger charge is -2.30. The number of fused-ring (bicyclic) bond motifs is 1. The maximum Gasteiger partial charge on any atom is 0.339 e. The summed E-state index contributed by atoms with van der Waals surface area (Å²) in [6, 6.07) is 6.89. The minimum atomic E-state index is -1.35. The van der Waals surface area contributed by atoms with Crippen LogP contribution < -0.4 is 0 Å². The van der Waals surface area contributed by atoms with E-state index in [1.807, 2.05) is 0 Å². The third-order valence-electron chi connectivity index (χ3n) is 3.94. The van der Waals surface area contributed by atoms with Gasteiger partial charge in [0, 0.05) is 12.1 Å². The number of benzene rings is 2. The van der Waals surface area contributed by atoms with E-state index in [1.54, 1.807) is 0 Å². The Kier molecular flexibility index (Phi) is 3.76. The van der Waals surface area contributed by atoms with Gasteiger partial charge in [0.25, 0.3) is 5.69 Å². The fraction of sp³-hybridized carbons (Fsp3) is 0.125. The van der Waals surface area contributed by atoms with Gasteiger partial charge in [-0.3, -0.25) is 14.9 Å². The van der Waals surface area contributed by atoms with Crippen LogP contribution in [0.4, 0.5) is 5.69 Å². The number of carbonyl (C=O) groups is 2. The van der Waals surface area contributed by atoms with Crippen molar-refractivity contribution < 1.29 is 34.6 Å². The third-order valence-corrected chi connectivity index (χ3v) is 3.94. The molecule has 3 rings (SSSR count). The number of ether oxygens (including phenoxy) is 1. The average Bonchev–Trinajstić information content (AvgIpc) is 2.56. The quantitative estimate of drug-likeness (QED) is 0.331. The normalized spacial score (nSPS) is 19.0. The van der Waals surface area contributed by atoms with Crippen LogP contribution in [0.2, 0.25) is 0 Å². The number of phenolic OH excluding ortho intramolecular Hbond substituents is 2. The van der Waals surface area contributed by atoms with E-state index in [-0.39, 0.29) is 22.4 Å². The molecule has 9 heteroatoms. The molecular weight excluding hydrogens is 334 g/mol. The van der Waals surface area contributed by atoms with Crippen molar-refractivity contribution in [1.82, 2.24) is 0 Å². The lowest BCUT2D eigenvalue weighted by atomic mass is 9.84. The zero-order chi connectivity index (χ0) is 18.3. The van der Waals surface area contributed by atoms with Gasteiger partial charge in [-0.25, -0.2) is 4.79 Å². The first kappa shape index (κ1) is 16.2. The van der Waals surface area contributed by atoms with Gasteiger partial charge in [0.15, 0.2) is 11.5 Å². The van der Waals surface area contributed by atoms with E-state index in [4.69, 9.17) is 4.74 Å².